The number of morpholine rings is 2. The molecule has 3 aliphatic heterocycles. The third-order valence-electron chi connectivity index (χ3n) is 6.89. The minimum absolute atomic E-state index is 0.0202. The lowest BCUT2D eigenvalue weighted by Crippen LogP contribution is -2.56. The number of rotatable bonds is 4. The summed E-state index contributed by atoms with van der Waals surface area (Å²) in [6, 6.07) is 11.4. The van der Waals surface area contributed by atoms with Gasteiger partial charge in [-0.05, 0) is 37.1 Å². The molecule has 1 aromatic carbocycles. The second kappa shape index (κ2) is 8.90. The zero-order valence-corrected chi connectivity index (χ0v) is 19.2. The fourth-order valence-electron chi connectivity index (χ4n) is 5.09. The predicted molar refractivity (Wildman–Crippen MR) is 128 cm³/mol. The minimum atomic E-state index is -0.123. The Morgan fingerprint density at radius 1 is 1.09 bits per heavy atom. The highest BCUT2D eigenvalue weighted by atomic mass is 16.5. The number of hydrogen-bond donors (Lipinski definition) is 1. The van der Waals surface area contributed by atoms with Crippen molar-refractivity contribution in [1.29, 1.82) is 0 Å². The first-order valence-corrected chi connectivity index (χ1v) is 11.9. The first-order valence-electron chi connectivity index (χ1n) is 11.9. The van der Waals surface area contributed by atoms with Crippen molar-refractivity contribution >= 4 is 22.9 Å². The molecule has 0 aliphatic carbocycles. The van der Waals surface area contributed by atoms with E-state index in [0.717, 1.165) is 55.7 Å². The number of pyridine rings is 1. The van der Waals surface area contributed by atoms with Gasteiger partial charge in [-0.25, -0.2) is 9.97 Å². The van der Waals surface area contributed by atoms with Gasteiger partial charge < -0.3 is 19.7 Å². The minimum Gasteiger partial charge on any atom is -0.372 e. The van der Waals surface area contributed by atoms with Gasteiger partial charge in [0.05, 0.1) is 31.1 Å². The summed E-state index contributed by atoms with van der Waals surface area (Å²) < 4.78 is 12.1. The smallest absolute Gasteiger partial charge is 0.251 e. The van der Waals surface area contributed by atoms with Crippen molar-refractivity contribution in [2.45, 2.75) is 31.3 Å². The number of carbonyl (C=O) groups excluding carboxylic acids is 1. The van der Waals surface area contributed by atoms with Crippen LogP contribution in [-0.2, 0) is 9.47 Å². The molecule has 3 fully saturated rings. The molecule has 2 bridgehead atoms. The van der Waals surface area contributed by atoms with E-state index in [4.69, 9.17) is 19.4 Å². The van der Waals surface area contributed by atoms with Gasteiger partial charge in [0.1, 0.15) is 6.23 Å². The van der Waals surface area contributed by atoms with Crippen LogP contribution in [-0.4, -0.2) is 84.0 Å². The highest BCUT2D eigenvalue weighted by Gasteiger charge is 2.38. The summed E-state index contributed by atoms with van der Waals surface area (Å²) in [7, 11) is 1.63. The lowest BCUT2D eigenvalue weighted by atomic mass is 10.1. The molecule has 176 valence electrons. The van der Waals surface area contributed by atoms with E-state index in [1.54, 1.807) is 13.1 Å². The largest absolute Gasteiger partial charge is 0.372 e. The number of aromatic nitrogens is 3. The first kappa shape index (κ1) is 21.4. The molecule has 0 radical (unpaired) electrons. The fourth-order valence-corrected chi connectivity index (χ4v) is 5.09. The molecule has 5 heterocycles. The van der Waals surface area contributed by atoms with Gasteiger partial charge in [-0.15, -0.1) is 0 Å². The van der Waals surface area contributed by atoms with Crippen molar-refractivity contribution in [1.82, 2.24) is 25.2 Å². The van der Waals surface area contributed by atoms with E-state index in [1.807, 2.05) is 36.5 Å². The monoisotopic (exact) mass is 460 g/mol. The van der Waals surface area contributed by atoms with E-state index < -0.39 is 0 Å². The number of ether oxygens (including phenoxy) is 2. The first-order chi connectivity index (χ1) is 16.7. The summed E-state index contributed by atoms with van der Waals surface area (Å²) in [4.78, 5) is 30.9. The summed E-state index contributed by atoms with van der Waals surface area (Å²) in [5.41, 5.74) is 2.88. The van der Waals surface area contributed by atoms with E-state index in [-0.39, 0.29) is 12.1 Å². The van der Waals surface area contributed by atoms with Crippen LogP contribution in [0.2, 0.25) is 0 Å². The van der Waals surface area contributed by atoms with Crippen LogP contribution in [0, 0.1) is 0 Å². The summed E-state index contributed by atoms with van der Waals surface area (Å²) in [6.07, 6.45) is 4.80. The Labute approximate surface area is 198 Å². The predicted octanol–water partition coefficient (Wildman–Crippen LogP) is 2.08. The van der Waals surface area contributed by atoms with Crippen molar-refractivity contribution in [2.24, 2.45) is 0 Å². The highest BCUT2D eigenvalue weighted by molar-refractivity contribution is 5.95. The Bertz CT molecular complexity index is 1210. The SMILES string of the molecule is CNC(=O)c1cccc(-c2ccc3cnc(N4CCOC(N5CC6CCC(C5)O6)C4)nc3n2)c1. The Kier molecular flexibility index (Phi) is 5.60. The lowest BCUT2D eigenvalue weighted by molar-refractivity contribution is -0.128. The summed E-state index contributed by atoms with van der Waals surface area (Å²) in [5, 5.41) is 3.54. The van der Waals surface area contributed by atoms with E-state index >= 15 is 0 Å². The lowest BCUT2D eigenvalue weighted by Gasteiger charge is -2.42. The molecule has 0 saturated carbocycles. The van der Waals surface area contributed by atoms with Gasteiger partial charge in [0, 0.05) is 49.4 Å². The molecule has 9 nitrogen and oxygen atoms in total. The third-order valence-corrected chi connectivity index (χ3v) is 6.89. The molecule has 3 aromatic rings. The van der Waals surface area contributed by atoms with Gasteiger partial charge in [0.25, 0.3) is 5.91 Å². The highest BCUT2D eigenvalue weighted by Crippen LogP contribution is 2.29. The van der Waals surface area contributed by atoms with Gasteiger partial charge in [0.2, 0.25) is 5.95 Å². The van der Waals surface area contributed by atoms with Crippen LogP contribution in [0.3, 0.4) is 0 Å². The number of anilines is 1. The molecule has 2 aromatic heterocycles. The Morgan fingerprint density at radius 3 is 2.76 bits per heavy atom. The van der Waals surface area contributed by atoms with Crippen molar-refractivity contribution in [3.63, 3.8) is 0 Å². The summed E-state index contributed by atoms with van der Waals surface area (Å²) >= 11 is 0. The maximum absolute atomic E-state index is 12.0. The molecule has 0 spiro atoms. The molecule has 9 heteroatoms. The average Bonchev–Trinajstić information content (AvgIpc) is 3.24. The standard InChI is InChI=1S/C25H28N6O3/c1-26-24(32)17-4-2-3-16(11-17)21-8-5-18-12-27-25(29-23(18)28-21)30-9-10-33-22(15-30)31-13-19-6-7-20(14-31)34-19/h2-5,8,11-12,19-20,22H,6-7,9-10,13-15H2,1H3,(H,26,32). The number of likely N-dealkylation sites (tertiary alicyclic amines) is 1. The average molecular weight is 461 g/mol. The van der Waals surface area contributed by atoms with Crippen molar-refractivity contribution < 1.29 is 14.3 Å². The van der Waals surface area contributed by atoms with Gasteiger partial charge in [0.15, 0.2) is 5.65 Å². The topological polar surface area (TPSA) is 92.7 Å². The molecular formula is C25H28N6O3. The molecule has 1 amide bonds. The summed E-state index contributed by atoms with van der Waals surface area (Å²) in [6.45, 7) is 3.95. The van der Waals surface area contributed by atoms with Crippen LogP contribution in [0.5, 0.6) is 0 Å². The van der Waals surface area contributed by atoms with E-state index in [0.29, 0.717) is 36.0 Å². The van der Waals surface area contributed by atoms with E-state index in [9.17, 15) is 4.79 Å². The molecule has 3 saturated heterocycles. The van der Waals surface area contributed by atoms with Crippen LogP contribution in [0.1, 0.15) is 23.2 Å². The van der Waals surface area contributed by atoms with Crippen molar-refractivity contribution in [3.05, 3.63) is 48.2 Å². The summed E-state index contributed by atoms with van der Waals surface area (Å²) in [5.74, 6) is 0.545. The van der Waals surface area contributed by atoms with Crippen molar-refractivity contribution in [2.75, 3.05) is 44.7 Å². The van der Waals surface area contributed by atoms with Crippen molar-refractivity contribution in [3.8, 4) is 11.3 Å². The second-order valence-corrected chi connectivity index (χ2v) is 9.12. The number of nitrogens with zero attached hydrogens (tertiary/aromatic N) is 5. The van der Waals surface area contributed by atoms with Gasteiger partial charge >= 0.3 is 0 Å². The van der Waals surface area contributed by atoms with Crippen LogP contribution in [0.4, 0.5) is 5.95 Å². The van der Waals surface area contributed by atoms with Crippen LogP contribution < -0.4 is 10.2 Å². The van der Waals surface area contributed by atoms with Gasteiger partial charge in [-0.2, -0.15) is 4.98 Å². The van der Waals surface area contributed by atoms with Crippen LogP contribution >= 0.6 is 0 Å². The zero-order chi connectivity index (χ0) is 23.1. The number of nitrogens with one attached hydrogen (secondary N) is 1. The third kappa shape index (κ3) is 4.11. The van der Waals surface area contributed by atoms with Crippen LogP contribution in [0.15, 0.2) is 42.6 Å². The zero-order valence-electron chi connectivity index (χ0n) is 19.2. The number of amides is 1. The maximum atomic E-state index is 12.0. The molecule has 1 N–H and O–H groups in total. The number of hydrogen-bond acceptors (Lipinski definition) is 8. The molecule has 3 aliphatic rings. The molecule has 3 atom stereocenters. The molecule has 6 rings (SSSR count). The van der Waals surface area contributed by atoms with E-state index in [1.165, 1.54) is 0 Å². The number of fused-ring (bicyclic) bond motifs is 3. The molecule has 3 unspecified atom stereocenters. The van der Waals surface area contributed by atoms with Crippen LogP contribution in [0.25, 0.3) is 22.3 Å². The van der Waals surface area contributed by atoms with E-state index in [2.05, 4.69) is 20.1 Å². The number of carbonyl (C=O) groups is 1. The molecule has 34 heavy (non-hydrogen) atoms. The number of benzene rings is 1. The fraction of sp³-hybridized carbons (Fsp3) is 0.440. The van der Waals surface area contributed by atoms with Gasteiger partial charge in [-0.3, -0.25) is 9.69 Å². The normalized spacial score (nSPS) is 25.0. The Morgan fingerprint density at radius 2 is 1.94 bits per heavy atom. The maximum Gasteiger partial charge on any atom is 0.251 e. The van der Waals surface area contributed by atoms with Gasteiger partial charge in [-0.1, -0.05) is 12.1 Å². The quantitative estimate of drug-likeness (QED) is 0.633. The molecular weight excluding hydrogens is 432 g/mol. The Balaban J connectivity index is 1.24. The Hall–Kier alpha value is -3.14. The second-order valence-electron chi connectivity index (χ2n) is 9.12.